The Hall–Kier alpha value is -4.20. The Balaban J connectivity index is 1.25. The van der Waals surface area contributed by atoms with Crippen LogP contribution < -0.4 is 14.8 Å². The minimum atomic E-state index is -1.04. The number of pyridine rings is 1. The van der Waals surface area contributed by atoms with Crippen LogP contribution in [0.15, 0.2) is 91.3 Å². The van der Waals surface area contributed by atoms with Crippen LogP contribution in [0.5, 0.6) is 17.2 Å². The first-order valence-corrected chi connectivity index (χ1v) is 12.3. The molecule has 2 heterocycles. The number of aliphatic hydroxyl groups is 1. The van der Waals surface area contributed by atoms with Crippen molar-refractivity contribution in [1.82, 2.24) is 10.3 Å². The molecule has 1 aliphatic rings. The number of hydrogen-bond donors (Lipinski definition) is 3. The van der Waals surface area contributed by atoms with Gasteiger partial charge in [0.25, 0.3) is 0 Å². The third-order valence-electron chi connectivity index (χ3n) is 6.39. The molecule has 0 amide bonds. The number of carbonyl (C=O) groups is 1. The molecule has 188 valence electrons. The van der Waals surface area contributed by atoms with E-state index in [9.17, 15) is 15.0 Å². The zero-order valence-corrected chi connectivity index (χ0v) is 20.2. The molecule has 2 unspecified atom stereocenters. The van der Waals surface area contributed by atoms with Crippen LogP contribution in [0.3, 0.4) is 0 Å². The van der Waals surface area contributed by atoms with Gasteiger partial charge in [0, 0.05) is 31.0 Å². The minimum absolute atomic E-state index is 0.0140. The maximum absolute atomic E-state index is 11.7. The molecule has 0 bridgehead atoms. The second kappa shape index (κ2) is 11.2. The summed E-state index contributed by atoms with van der Waals surface area (Å²) in [7, 11) is 0. The lowest BCUT2D eigenvalue weighted by Crippen LogP contribution is -2.36. The topological polar surface area (TPSA) is 101 Å². The monoisotopic (exact) mass is 496 g/mol. The smallest absolute Gasteiger partial charge is 0.339 e. The molecular formula is C30H28N2O5. The summed E-state index contributed by atoms with van der Waals surface area (Å²) in [4.78, 5) is 15.8. The van der Waals surface area contributed by atoms with Gasteiger partial charge in [0.15, 0.2) is 0 Å². The number of para-hydroxylation sites is 1. The van der Waals surface area contributed by atoms with Crippen LogP contribution in [-0.2, 0) is 6.42 Å². The maximum atomic E-state index is 11.7. The third-order valence-corrected chi connectivity index (χ3v) is 6.39. The average molecular weight is 497 g/mol. The summed E-state index contributed by atoms with van der Waals surface area (Å²) in [5.41, 5.74) is 3.83. The van der Waals surface area contributed by atoms with Crippen LogP contribution in [-0.4, -0.2) is 40.4 Å². The van der Waals surface area contributed by atoms with Crippen molar-refractivity contribution in [2.24, 2.45) is 0 Å². The summed E-state index contributed by atoms with van der Waals surface area (Å²) in [5, 5.41) is 23.2. The molecule has 37 heavy (non-hydrogen) atoms. The number of hydrogen-bond acceptors (Lipinski definition) is 6. The number of aromatic carboxylic acids is 1. The van der Waals surface area contributed by atoms with Gasteiger partial charge < -0.3 is 25.0 Å². The van der Waals surface area contributed by atoms with Gasteiger partial charge in [0.2, 0.25) is 0 Å². The van der Waals surface area contributed by atoms with Crippen molar-refractivity contribution in [2.45, 2.75) is 25.0 Å². The first-order valence-electron chi connectivity index (χ1n) is 12.3. The Labute approximate surface area is 215 Å². The van der Waals surface area contributed by atoms with Gasteiger partial charge in [-0.2, -0.15) is 0 Å². The molecular weight excluding hydrogens is 468 g/mol. The molecule has 3 aromatic carbocycles. The molecule has 1 aliphatic heterocycles. The van der Waals surface area contributed by atoms with Crippen molar-refractivity contribution in [3.8, 4) is 28.4 Å². The van der Waals surface area contributed by atoms with E-state index < -0.39 is 12.1 Å². The zero-order chi connectivity index (χ0) is 25.6. The van der Waals surface area contributed by atoms with Gasteiger partial charge >= 0.3 is 5.97 Å². The highest BCUT2D eigenvalue weighted by molar-refractivity contribution is 5.92. The number of aromatic nitrogens is 1. The van der Waals surface area contributed by atoms with Gasteiger partial charge in [-0.3, -0.25) is 4.98 Å². The van der Waals surface area contributed by atoms with Gasteiger partial charge in [-0.15, -0.1) is 0 Å². The fraction of sp³-hybridized carbons (Fsp3) is 0.200. The Morgan fingerprint density at radius 1 is 1.05 bits per heavy atom. The lowest BCUT2D eigenvalue weighted by Gasteiger charge is -2.27. The summed E-state index contributed by atoms with van der Waals surface area (Å²) < 4.78 is 12.1. The van der Waals surface area contributed by atoms with E-state index in [1.807, 2.05) is 42.5 Å². The molecule has 2 atom stereocenters. The molecule has 0 saturated carbocycles. The van der Waals surface area contributed by atoms with Gasteiger partial charge in [-0.1, -0.05) is 36.4 Å². The van der Waals surface area contributed by atoms with Gasteiger partial charge in [-0.05, 0) is 72.0 Å². The summed E-state index contributed by atoms with van der Waals surface area (Å²) in [6.07, 6.45) is 4.47. The normalized spacial score (nSPS) is 15.3. The molecule has 0 spiro atoms. The van der Waals surface area contributed by atoms with Crippen LogP contribution in [0.25, 0.3) is 11.1 Å². The number of fused-ring (bicyclic) bond motifs is 1. The number of rotatable bonds is 9. The fourth-order valence-corrected chi connectivity index (χ4v) is 4.42. The Bertz CT molecular complexity index is 1360. The Kier molecular flexibility index (Phi) is 7.44. The molecule has 7 heteroatoms. The number of aryl methyl sites for hydroxylation is 1. The highest BCUT2D eigenvalue weighted by Crippen LogP contribution is 2.35. The van der Waals surface area contributed by atoms with Crippen molar-refractivity contribution in [3.05, 3.63) is 108 Å². The van der Waals surface area contributed by atoms with Crippen LogP contribution in [0.4, 0.5) is 0 Å². The molecule has 0 aliphatic carbocycles. The number of nitrogens with zero attached hydrogens (tertiary/aromatic N) is 1. The number of benzene rings is 3. The van der Waals surface area contributed by atoms with Gasteiger partial charge in [-0.25, -0.2) is 4.79 Å². The lowest BCUT2D eigenvalue weighted by molar-refractivity contribution is 0.0694. The van der Waals surface area contributed by atoms with E-state index in [1.165, 1.54) is 0 Å². The number of carboxylic acid groups (broad SMARTS) is 1. The average Bonchev–Trinajstić information content (AvgIpc) is 2.93. The molecule has 5 rings (SSSR count). The fourth-order valence-electron chi connectivity index (χ4n) is 4.42. The lowest BCUT2D eigenvalue weighted by atomic mass is 9.96. The summed E-state index contributed by atoms with van der Waals surface area (Å²) in [5.74, 6) is 0.680. The van der Waals surface area contributed by atoms with Crippen molar-refractivity contribution in [2.75, 3.05) is 13.1 Å². The van der Waals surface area contributed by atoms with Gasteiger partial charge in [0.1, 0.15) is 28.9 Å². The first kappa shape index (κ1) is 24.5. The standard InChI is InChI=1S/C30H28N2O5/c33-27(23-5-4-14-31-17-23)19-32-18-25-11-8-22-15-20(10-13-28(22)37-25)21-9-12-26(30(34)35)29(16-21)36-24-6-2-1-3-7-24/h1-7,9-10,12-17,25,27,32-33H,8,11,18-19H2,(H,34,35). The molecule has 0 fully saturated rings. The Morgan fingerprint density at radius 3 is 2.65 bits per heavy atom. The second-order valence-electron chi connectivity index (χ2n) is 8.99. The van der Waals surface area contributed by atoms with E-state index >= 15 is 0 Å². The van der Waals surface area contributed by atoms with Crippen LogP contribution in [0.1, 0.15) is 34.0 Å². The minimum Gasteiger partial charge on any atom is -0.489 e. The van der Waals surface area contributed by atoms with E-state index in [2.05, 4.69) is 16.4 Å². The van der Waals surface area contributed by atoms with E-state index in [0.29, 0.717) is 24.6 Å². The number of aliphatic hydroxyl groups excluding tert-OH is 1. The summed E-state index contributed by atoms with van der Waals surface area (Å²) >= 11 is 0. The quantitative estimate of drug-likeness (QED) is 0.291. The Morgan fingerprint density at radius 2 is 1.86 bits per heavy atom. The van der Waals surface area contributed by atoms with Crippen LogP contribution in [0.2, 0.25) is 0 Å². The number of carboxylic acids is 1. The predicted octanol–water partition coefficient (Wildman–Crippen LogP) is 5.26. The maximum Gasteiger partial charge on any atom is 0.339 e. The molecule has 0 radical (unpaired) electrons. The van der Waals surface area contributed by atoms with Gasteiger partial charge in [0.05, 0.1) is 6.10 Å². The van der Waals surface area contributed by atoms with E-state index in [4.69, 9.17) is 9.47 Å². The van der Waals surface area contributed by atoms with E-state index in [-0.39, 0.29) is 11.7 Å². The van der Waals surface area contributed by atoms with Crippen molar-refractivity contribution in [1.29, 1.82) is 0 Å². The highest BCUT2D eigenvalue weighted by Gasteiger charge is 2.21. The number of ether oxygens (including phenoxy) is 2. The molecule has 3 N–H and O–H groups in total. The SMILES string of the molecule is O=C(O)c1ccc(-c2ccc3c(c2)CCC(CNCC(O)c2cccnc2)O3)cc1Oc1ccccc1. The molecule has 7 nitrogen and oxygen atoms in total. The molecule has 0 saturated heterocycles. The van der Waals surface area contributed by atoms with Crippen LogP contribution >= 0.6 is 0 Å². The van der Waals surface area contributed by atoms with E-state index in [0.717, 1.165) is 40.8 Å². The summed E-state index contributed by atoms with van der Waals surface area (Å²) in [6, 6.07) is 24.0. The van der Waals surface area contributed by atoms with Crippen molar-refractivity contribution in [3.63, 3.8) is 0 Å². The van der Waals surface area contributed by atoms with Crippen molar-refractivity contribution < 1.29 is 24.5 Å². The first-order chi connectivity index (χ1) is 18.1. The molecule has 4 aromatic rings. The zero-order valence-electron chi connectivity index (χ0n) is 20.2. The number of nitrogens with one attached hydrogen (secondary N) is 1. The van der Waals surface area contributed by atoms with E-state index in [1.54, 1.807) is 42.7 Å². The predicted molar refractivity (Wildman–Crippen MR) is 140 cm³/mol. The summed E-state index contributed by atoms with van der Waals surface area (Å²) in [6.45, 7) is 1.06. The van der Waals surface area contributed by atoms with Crippen LogP contribution in [0, 0.1) is 0 Å². The van der Waals surface area contributed by atoms with Crippen molar-refractivity contribution >= 4 is 5.97 Å². The molecule has 1 aromatic heterocycles. The second-order valence-corrected chi connectivity index (χ2v) is 8.99. The highest BCUT2D eigenvalue weighted by atomic mass is 16.5. The third kappa shape index (κ3) is 5.97. The largest absolute Gasteiger partial charge is 0.489 e.